The molecule has 0 bridgehead atoms. The van der Waals surface area contributed by atoms with Crippen molar-refractivity contribution in [3.63, 3.8) is 0 Å². The zero-order valence-corrected chi connectivity index (χ0v) is 12.0. The second-order valence-electron chi connectivity index (χ2n) is 3.86. The minimum atomic E-state index is -0.0546. The first-order chi connectivity index (χ1) is 8.68. The van der Waals surface area contributed by atoms with Crippen LogP contribution in [0.15, 0.2) is 45.1 Å². The van der Waals surface area contributed by atoms with Gasteiger partial charge in [0.05, 0.1) is 9.35 Å². The van der Waals surface area contributed by atoms with E-state index >= 15 is 0 Å². The van der Waals surface area contributed by atoms with Crippen molar-refractivity contribution < 1.29 is 4.79 Å². The SMILES string of the molecule is O=C(CCCn1cccc(Br)c1=O)c1cccs1. The van der Waals surface area contributed by atoms with Crippen LogP contribution in [0.5, 0.6) is 0 Å². The van der Waals surface area contributed by atoms with Crippen LogP contribution in [-0.2, 0) is 6.54 Å². The third kappa shape index (κ3) is 3.17. The molecule has 0 amide bonds. The Morgan fingerprint density at radius 2 is 2.17 bits per heavy atom. The number of carbonyl (C=O) groups excluding carboxylic acids is 1. The molecular weight excluding hydrogens is 314 g/mol. The van der Waals surface area contributed by atoms with E-state index in [2.05, 4.69) is 15.9 Å². The van der Waals surface area contributed by atoms with Gasteiger partial charge in [-0.05, 0) is 45.9 Å². The lowest BCUT2D eigenvalue weighted by molar-refractivity contribution is 0.0982. The Morgan fingerprint density at radius 1 is 1.33 bits per heavy atom. The second-order valence-corrected chi connectivity index (χ2v) is 5.66. The van der Waals surface area contributed by atoms with E-state index in [-0.39, 0.29) is 11.3 Å². The first-order valence-electron chi connectivity index (χ1n) is 5.60. The molecule has 0 N–H and O–H groups in total. The lowest BCUT2D eigenvalue weighted by Gasteiger charge is -2.04. The summed E-state index contributed by atoms with van der Waals surface area (Å²) in [5.74, 6) is 0.146. The molecular formula is C13H12BrNO2S. The molecule has 0 aliphatic rings. The minimum Gasteiger partial charge on any atom is -0.315 e. The number of rotatable bonds is 5. The van der Waals surface area contributed by atoms with Crippen molar-refractivity contribution in [2.75, 3.05) is 0 Å². The van der Waals surface area contributed by atoms with E-state index in [1.54, 1.807) is 16.8 Å². The van der Waals surface area contributed by atoms with Crippen LogP contribution in [0.3, 0.4) is 0 Å². The molecule has 0 aliphatic carbocycles. The Kier molecular flexibility index (Phi) is 4.49. The summed E-state index contributed by atoms with van der Waals surface area (Å²) in [5, 5.41) is 1.89. The van der Waals surface area contributed by atoms with E-state index in [1.807, 2.05) is 23.6 Å². The third-order valence-corrected chi connectivity index (χ3v) is 4.09. The highest BCUT2D eigenvalue weighted by Gasteiger charge is 2.07. The highest BCUT2D eigenvalue weighted by Crippen LogP contribution is 2.12. The average molecular weight is 326 g/mol. The van der Waals surface area contributed by atoms with E-state index < -0.39 is 0 Å². The Morgan fingerprint density at radius 3 is 2.89 bits per heavy atom. The van der Waals surface area contributed by atoms with Crippen LogP contribution in [0, 0.1) is 0 Å². The summed E-state index contributed by atoms with van der Waals surface area (Å²) < 4.78 is 2.17. The zero-order valence-electron chi connectivity index (χ0n) is 9.64. The van der Waals surface area contributed by atoms with E-state index in [0.29, 0.717) is 23.9 Å². The number of carbonyl (C=O) groups is 1. The maximum atomic E-state index is 11.8. The molecule has 2 heterocycles. The summed E-state index contributed by atoms with van der Waals surface area (Å²) in [7, 11) is 0. The van der Waals surface area contributed by atoms with Gasteiger partial charge in [0, 0.05) is 19.2 Å². The van der Waals surface area contributed by atoms with Gasteiger partial charge in [0.1, 0.15) is 0 Å². The molecule has 0 aromatic carbocycles. The highest BCUT2D eigenvalue weighted by molar-refractivity contribution is 9.10. The molecule has 94 valence electrons. The van der Waals surface area contributed by atoms with Crippen molar-refractivity contribution in [1.82, 2.24) is 4.57 Å². The molecule has 2 aromatic rings. The molecule has 0 fully saturated rings. The predicted molar refractivity (Wildman–Crippen MR) is 76.3 cm³/mol. The molecule has 0 spiro atoms. The molecule has 5 heteroatoms. The van der Waals surface area contributed by atoms with Crippen LogP contribution in [0.4, 0.5) is 0 Å². The number of hydrogen-bond donors (Lipinski definition) is 0. The Labute approximate surface area is 117 Å². The van der Waals surface area contributed by atoms with Crippen molar-refractivity contribution in [3.05, 3.63) is 55.5 Å². The van der Waals surface area contributed by atoms with Crippen LogP contribution >= 0.6 is 27.3 Å². The molecule has 0 aliphatic heterocycles. The highest BCUT2D eigenvalue weighted by atomic mass is 79.9. The van der Waals surface area contributed by atoms with Crippen LogP contribution in [0.1, 0.15) is 22.5 Å². The van der Waals surface area contributed by atoms with Gasteiger partial charge in [-0.3, -0.25) is 9.59 Å². The van der Waals surface area contributed by atoms with Crippen LogP contribution in [0.2, 0.25) is 0 Å². The number of thiophene rings is 1. The number of hydrogen-bond acceptors (Lipinski definition) is 3. The molecule has 2 rings (SSSR count). The number of Topliss-reactive ketones (excluding diaryl/α,β-unsaturated/α-hetero) is 1. The minimum absolute atomic E-state index is 0.0546. The molecule has 0 radical (unpaired) electrons. The van der Waals surface area contributed by atoms with Gasteiger partial charge < -0.3 is 4.57 Å². The van der Waals surface area contributed by atoms with E-state index in [4.69, 9.17) is 0 Å². The van der Waals surface area contributed by atoms with Gasteiger partial charge in [0.15, 0.2) is 5.78 Å². The normalized spacial score (nSPS) is 10.5. The summed E-state index contributed by atoms with van der Waals surface area (Å²) in [6, 6.07) is 7.23. The molecule has 0 saturated heterocycles. The van der Waals surface area contributed by atoms with Crippen molar-refractivity contribution in [1.29, 1.82) is 0 Å². The van der Waals surface area contributed by atoms with Gasteiger partial charge in [-0.1, -0.05) is 6.07 Å². The fourth-order valence-corrected chi connectivity index (χ4v) is 2.73. The summed E-state index contributed by atoms with van der Waals surface area (Å²) in [4.78, 5) is 24.3. The first kappa shape index (κ1) is 13.2. The number of aryl methyl sites for hydroxylation is 1. The van der Waals surface area contributed by atoms with Gasteiger partial charge in [0.2, 0.25) is 0 Å². The predicted octanol–water partition coefficient (Wildman–Crippen LogP) is 3.34. The van der Waals surface area contributed by atoms with Gasteiger partial charge in [-0.25, -0.2) is 0 Å². The van der Waals surface area contributed by atoms with Crippen LogP contribution < -0.4 is 5.56 Å². The number of nitrogens with zero attached hydrogens (tertiary/aromatic N) is 1. The average Bonchev–Trinajstić information content (AvgIpc) is 2.88. The van der Waals surface area contributed by atoms with Gasteiger partial charge in [-0.2, -0.15) is 0 Å². The quantitative estimate of drug-likeness (QED) is 0.791. The summed E-state index contributed by atoms with van der Waals surface area (Å²) >= 11 is 4.66. The van der Waals surface area contributed by atoms with Gasteiger partial charge in [0.25, 0.3) is 5.56 Å². The van der Waals surface area contributed by atoms with Gasteiger partial charge in [-0.15, -0.1) is 11.3 Å². The summed E-state index contributed by atoms with van der Waals surface area (Å²) in [6.45, 7) is 0.565. The van der Waals surface area contributed by atoms with Crippen molar-refractivity contribution in [2.24, 2.45) is 0 Å². The second kappa shape index (κ2) is 6.11. The molecule has 0 atom stereocenters. The van der Waals surface area contributed by atoms with Crippen molar-refractivity contribution in [3.8, 4) is 0 Å². The number of halogens is 1. The first-order valence-corrected chi connectivity index (χ1v) is 7.27. The maximum absolute atomic E-state index is 11.8. The van der Waals surface area contributed by atoms with Crippen molar-refractivity contribution >= 4 is 33.0 Å². The molecule has 0 unspecified atom stereocenters. The number of aromatic nitrogens is 1. The van der Waals surface area contributed by atoms with Gasteiger partial charge >= 0.3 is 0 Å². The maximum Gasteiger partial charge on any atom is 0.264 e. The molecule has 3 nitrogen and oxygen atoms in total. The van der Waals surface area contributed by atoms with Crippen LogP contribution in [0.25, 0.3) is 0 Å². The fraction of sp³-hybridized carbons (Fsp3) is 0.231. The smallest absolute Gasteiger partial charge is 0.264 e. The largest absolute Gasteiger partial charge is 0.315 e. The van der Waals surface area contributed by atoms with E-state index in [0.717, 1.165) is 4.88 Å². The standard InChI is InChI=1S/C13H12BrNO2S/c14-10-4-1-7-15(13(10)17)8-2-5-11(16)12-6-3-9-18-12/h1,3-4,6-7,9H,2,5,8H2. The lowest BCUT2D eigenvalue weighted by Crippen LogP contribution is -2.20. The topological polar surface area (TPSA) is 39.1 Å². The number of pyridine rings is 1. The fourth-order valence-electron chi connectivity index (χ4n) is 1.65. The lowest BCUT2D eigenvalue weighted by atomic mass is 10.2. The molecule has 18 heavy (non-hydrogen) atoms. The van der Waals surface area contributed by atoms with Crippen LogP contribution in [-0.4, -0.2) is 10.4 Å². The van der Waals surface area contributed by atoms with E-state index in [1.165, 1.54) is 11.3 Å². The Bertz CT molecular complexity index is 589. The molecule has 2 aromatic heterocycles. The van der Waals surface area contributed by atoms with Crippen molar-refractivity contribution in [2.45, 2.75) is 19.4 Å². The number of ketones is 1. The monoisotopic (exact) mass is 325 g/mol. The van der Waals surface area contributed by atoms with E-state index in [9.17, 15) is 9.59 Å². The summed E-state index contributed by atoms with van der Waals surface area (Å²) in [5.41, 5.74) is -0.0546. The Balaban J connectivity index is 1.91. The summed E-state index contributed by atoms with van der Waals surface area (Å²) in [6.07, 6.45) is 2.88. The Hall–Kier alpha value is -1.20. The zero-order chi connectivity index (χ0) is 13.0. The molecule has 0 saturated carbocycles. The third-order valence-electron chi connectivity index (χ3n) is 2.57.